The van der Waals surface area contributed by atoms with Crippen LogP contribution in [0.1, 0.15) is 18.4 Å². The van der Waals surface area contributed by atoms with Crippen molar-refractivity contribution in [2.24, 2.45) is 11.8 Å². The summed E-state index contributed by atoms with van der Waals surface area (Å²) in [5.74, 6) is 0.652. The van der Waals surface area contributed by atoms with Gasteiger partial charge in [-0.25, -0.2) is 0 Å². The Morgan fingerprint density at radius 2 is 2.00 bits per heavy atom. The van der Waals surface area contributed by atoms with Crippen molar-refractivity contribution in [3.63, 3.8) is 0 Å². The molecule has 0 bridgehead atoms. The summed E-state index contributed by atoms with van der Waals surface area (Å²) in [6, 6.07) is 7.57. The highest BCUT2D eigenvalue weighted by Gasteiger charge is 2.47. The molecular formula is C18H22O6. The van der Waals surface area contributed by atoms with E-state index >= 15 is 0 Å². The lowest BCUT2D eigenvalue weighted by molar-refractivity contribution is -0.152. The summed E-state index contributed by atoms with van der Waals surface area (Å²) in [4.78, 5) is 0. The predicted octanol–water partition coefficient (Wildman–Crippen LogP) is 0.943. The summed E-state index contributed by atoms with van der Waals surface area (Å²) in [5.41, 5.74) is 0.955. The van der Waals surface area contributed by atoms with Gasteiger partial charge in [0.15, 0.2) is 6.29 Å². The van der Waals surface area contributed by atoms with Crippen molar-refractivity contribution in [3.05, 3.63) is 42.0 Å². The summed E-state index contributed by atoms with van der Waals surface area (Å²) in [5, 5.41) is 30.1. The van der Waals surface area contributed by atoms with Crippen LogP contribution in [0.3, 0.4) is 0 Å². The largest absolute Gasteiger partial charge is 0.461 e. The summed E-state index contributed by atoms with van der Waals surface area (Å²) in [7, 11) is 0. The van der Waals surface area contributed by atoms with Crippen molar-refractivity contribution < 1.29 is 29.5 Å². The van der Waals surface area contributed by atoms with Crippen LogP contribution in [0.2, 0.25) is 0 Å². The average Bonchev–Trinajstić information content (AvgIpc) is 3.07. The molecule has 1 saturated heterocycles. The molecule has 2 aliphatic heterocycles. The molecule has 3 aliphatic rings. The van der Waals surface area contributed by atoms with Crippen LogP contribution >= 0.6 is 0 Å². The average molecular weight is 334 g/mol. The highest BCUT2D eigenvalue weighted by molar-refractivity contribution is 5.33. The van der Waals surface area contributed by atoms with E-state index in [4.69, 9.17) is 14.2 Å². The zero-order chi connectivity index (χ0) is 16.7. The quantitative estimate of drug-likeness (QED) is 0.713. The lowest BCUT2D eigenvalue weighted by atomic mass is 9.91. The normalized spacial score (nSPS) is 39.5. The van der Waals surface area contributed by atoms with Gasteiger partial charge < -0.3 is 29.5 Å². The zero-order valence-electron chi connectivity index (χ0n) is 13.2. The number of ether oxygens (including phenoxy) is 3. The molecule has 0 spiro atoms. The van der Waals surface area contributed by atoms with E-state index in [1.165, 1.54) is 0 Å². The minimum absolute atomic E-state index is 0.0763. The summed E-state index contributed by atoms with van der Waals surface area (Å²) >= 11 is 0. The van der Waals surface area contributed by atoms with Crippen LogP contribution in [-0.4, -0.2) is 46.2 Å². The minimum Gasteiger partial charge on any atom is -0.461 e. The highest BCUT2D eigenvalue weighted by Crippen LogP contribution is 2.43. The number of para-hydroxylation sites is 1. The summed E-state index contributed by atoms with van der Waals surface area (Å²) in [6.45, 7) is 0.391. The lowest BCUT2D eigenvalue weighted by Crippen LogP contribution is -2.36. The van der Waals surface area contributed by atoms with Crippen LogP contribution < -0.4 is 4.74 Å². The van der Waals surface area contributed by atoms with Crippen molar-refractivity contribution in [1.82, 2.24) is 0 Å². The molecule has 0 radical (unpaired) electrons. The third kappa shape index (κ3) is 2.96. The van der Waals surface area contributed by atoms with Gasteiger partial charge in [0, 0.05) is 24.3 Å². The molecule has 4 rings (SSSR count). The Hall–Kier alpha value is -1.44. The first-order valence-corrected chi connectivity index (χ1v) is 8.36. The molecule has 2 heterocycles. The fraction of sp³-hybridized carbons (Fsp3) is 0.556. The fourth-order valence-electron chi connectivity index (χ4n) is 3.90. The molecule has 6 heteroatoms. The first-order chi connectivity index (χ1) is 11.6. The summed E-state index contributed by atoms with van der Waals surface area (Å²) < 4.78 is 16.6. The third-order valence-corrected chi connectivity index (χ3v) is 5.12. The Morgan fingerprint density at radius 3 is 2.88 bits per heavy atom. The van der Waals surface area contributed by atoms with Crippen LogP contribution in [0.5, 0.6) is 5.75 Å². The van der Waals surface area contributed by atoms with Crippen molar-refractivity contribution in [2.75, 3.05) is 0 Å². The molecule has 3 N–H and O–H groups in total. The Bertz CT molecular complexity index is 617. The first-order valence-electron chi connectivity index (χ1n) is 8.36. The molecule has 1 aliphatic carbocycles. The molecule has 7 atom stereocenters. The van der Waals surface area contributed by atoms with Gasteiger partial charge in [0.25, 0.3) is 0 Å². The molecule has 1 aromatic carbocycles. The minimum atomic E-state index is -0.933. The van der Waals surface area contributed by atoms with Crippen molar-refractivity contribution >= 4 is 0 Å². The van der Waals surface area contributed by atoms with Crippen molar-refractivity contribution in [3.8, 4) is 5.75 Å². The van der Waals surface area contributed by atoms with Gasteiger partial charge in [-0.05, 0) is 12.0 Å². The maximum Gasteiger partial charge on any atom is 0.230 e. The number of rotatable bonds is 3. The Morgan fingerprint density at radius 1 is 1.17 bits per heavy atom. The Labute approximate surface area is 140 Å². The van der Waals surface area contributed by atoms with Gasteiger partial charge >= 0.3 is 0 Å². The first kappa shape index (κ1) is 16.1. The van der Waals surface area contributed by atoms with Crippen molar-refractivity contribution in [2.45, 2.75) is 50.3 Å². The molecule has 6 nitrogen and oxygen atoms in total. The molecule has 2 fully saturated rings. The molecule has 0 amide bonds. The van der Waals surface area contributed by atoms with Gasteiger partial charge in [-0.2, -0.15) is 0 Å². The van der Waals surface area contributed by atoms with Gasteiger partial charge in [-0.1, -0.05) is 30.4 Å². The second kappa shape index (κ2) is 6.46. The second-order valence-electron chi connectivity index (χ2n) is 6.69. The van der Waals surface area contributed by atoms with E-state index in [0.29, 0.717) is 19.4 Å². The van der Waals surface area contributed by atoms with Crippen LogP contribution in [0.4, 0.5) is 0 Å². The summed E-state index contributed by atoms with van der Waals surface area (Å²) in [6.07, 6.45) is 1.34. The molecule has 24 heavy (non-hydrogen) atoms. The van der Waals surface area contributed by atoms with Crippen molar-refractivity contribution in [1.29, 1.82) is 0 Å². The van der Waals surface area contributed by atoms with Gasteiger partial charge in [0.2, 0.25) is 6.29 Å². The van der Waals surface area contributed by atoms with E-state index in [2.05, 4.69) is 0 Å². The van der Waals surface area contributed by atoms with E-state index in [-0.39, 0.29) is 17.9 Å². The zero-order valence-corrected chi connectivity index (χ0v) is 13.2. The van der Waals surface area contributed by atoms with Gasteiger partial charge in [-0.15, -0.1) is 0 Å². The Balaban J connectivity index is 1.41. The van der Waals surface area contributed by atoms with E-state index in [1.807, 2.05) is 24.3 Å². The standard InChI is InChI=1S/C18H22O6/c19-13(18-22-9-10-3-1-2-4-15(10)24-18)6-5-11-12-7-17(21)23-16(12)8-14(11)20/h1-6,11-14,16-21H,7-9H2/b6-5+/t11-,12-,13+,14-,16+,17?,18-/m1/s1. The maximum atomic E-state index is 10.3. The molecule has 1 aromatic rings. The number of fused-ring (bicyclic) bond motifs is 2. The smallest absolute Gasteiger partial charge is 0.230 e. The number of hydrogen-bond acceptors (Lipinski definition) is 6. The van der Waals surface area contributed by atoms with E-state index < -0.39 is 24.8 Å². The highest BCUT2D eigenvalue weighted by atomic mass is 16.7. The third-order valence-electron chi connectivity index (χ3n) is 5.12. The second-order valence-corrected chi connectivity index (χ2v) is 6.69. The molecule has 0 aromatic heterocycles. The van der Waals surface area contributed by atoms with Gasteiger partial charge in [0.1, 0.15) is 11.9 Å². The monoisotopic (exact) mass is 334 g/mol. The van der Waals surface area contributed by atoms with E-state index in [1.54, 1.807) is 12.2 Å². The predicted molar refractivity (Wildman–Crippen MR) is 83.9 cm³/mol. The number of aliphatic hydroxyl groups excluding tert-OH is 3. The molecule has 130 valence electrons. The van der Waals surface area contributed by atoms with E-state index in [0.717, 1.165) is 11.3 Å². The number of benzene rings is 1. The van der Waals surface area contributed by atoms with Crippen LogP contribution in [0, 0.1) is 11.8 Å². The maximum absolute atomic E-state index is 10.3. The van der Waals surface area contributed by atoms with Gasteiger partial charge in [-0.3, -0.25) is 0 Å². The molecular weight excluding hydrogens is 312 g/mol. The number of hydrogen-bond donors (Lipinski definition) is 3. The van der Waals surface area contributed by atoms with Crippen LogP contribution in [0.25, 0.3) is 0 Å². The van der Waals surface area contributed by atoms with E-state index in [9.17, 15) is 15.3 Å². The molecule has 1 unspecified atom stereocenters. The molecule has 1 saturated carbocycles. The number of aliphatic hydroxyl groups is 3. The topological polar surface area (TPSA) is 88.4 Å². The van der Waals surface area contributed by atoms with Crippen LogP contribution in [0.15, 0.2) is 36.4 Å². The lowest BCUT2D eigenvalue weighted by Gasteiger charge is -2.28. The SMILES string of the molecule is OC1C[C@@H]2[C@@H](/C=C/[C@H](O)[C@@H]3OCc4ccccc4O3)[C@H](O)C[C@@H]2O1. The van der Waals surface area contributed by atoms with Crippen LogP contribution in [-0.2, 0) is 16.1 Å². The van der Waals surface area contributed by atoms with Gasteiger partial charge in [0.05, 0.1) is 18.8 Å². The fourth-order valence-corrected chi connectivity index (χ4v) is 3.90. The Kier molecular flexibility index (Phi) is 4.32.